The minimum Gasteiger partial charge on any atom is -0.495 e. The Kier molecular flexibility index (Phi) is 6.71. The molecule has 0 spiro atoms. The van der Waals surface area contributed by atoms with Gasteiger partial charge in [0, 0.05) is 18.0 Å². The van der Waals surface area contributed by atoms with Crippen LogP contribution in [-0.4, -0.2) is 44.2 Å². The molecular formula is C21H24N4O5S. The van der Waals surface area contributed by atoms with Crippen molar-refractivity contribution in [2.24, 2.45) is 0 Å². The number of hydrogen-bond acceptors (Lipinski definition) is 7. The van der Waals surface area contributed by atoms with Crippen molar-refractivity contribution in [1.82, 2.24) is 19.5 Å². The van der Waals surface area contributed by atoms with E-state index in [4.69, 9.17) is 9.47 Å². The van der Waals surface area contributed by atoms with Crippen LogP contribution in [0, 0.1) is 0 Å². The van der Waals surface area contributed by atoms with Gasteiger partial charge in [0.25, 0.3) is 5.91 Å². The number of ether oxygens (including phenoxy) is 2. The van der Waals surface area contributed by atoms with Crippen molar-refractivity contribution < 1.29 is 23.6 Å². The van der Waals surface area contributed by atoms with E-state index in [1.807, 2.05) is 0 Å². The summed E-state index contributed by atoms with van der Waals surface area (Å²) in [5.41, 5.74) is 0.179. The third-order valence-electron chi connectivity index (χ3n) is 4.51. The summed E-state index contributed by atoms with van der Waals surface area (Å²) in [4.78, 5) is 17.1. The van der Waals surface area contributed by atoms with Gasteiger partial charge in [-0.05, 0) is 49.7 Å². The number of aliphatic hydroxyl groups is 1. The van der Waals surface area contributed by atoms with Gasteiger partial charge >= 0.3 is 0 Å². The van der Waals surface area contributed by atoms with Crippen LogP contribution >= 0.6 is 0 Å². The minimum atomic E-state index is -1.94. The Labute approximate surface area is 182 Å². The van der Waals surface area contributed by atoms with Crippen molar-refractivity contribution >= 4 is 16.9 Å². The van der Waals surface area contributed by atoms with Gasteiger partial charge in [-0.2, -0.15) is 5.10 Å². The van der Waals surface area contributed by atoms with Gasteiger partial charge in [-0.15, -0.1) is 0 Å². The van der Waals surface area contributed by atoms with Gasteiger partial charge in [-0.25, -0.2) is 9.19 Å². The Morgan fingerprint density at radius 1 is 1.23 bits per heavy atom. The molecule has 0 fully saturated rings. The molecule has 2 heterocycles. The average molecular weight is 445 g/mol. The molecular weight excluding hydrogens is 420 g/mol. The van der Waals surface area contributed by atoms with Gasteiger partial charge in [-0.1, -0.05) is 6.07 Å². The maximum atomic E-state index is 12.9. The Bertz CT molecular complexity index is 1090. The third-order valence-corrected chi connectivity index (χ3v) is 5.60. The standard InChI is InChI=1S/C21H24N4O5S/c1-21(2,27)15-7-9-17(29-3)18(12-15)31(28)24-19(26)16-8-6-14(20(23-16)30-4)13-25-11-5-10-22-25/h5-12,27H,13H2,1-4H3,(H,24,26). The van der Waals surface area contributed by atoms with Crippen LogP contribution in [0.3, 0.4) is 0 Å². The molecule has 164 valence electrons. The largest absolute Gasteiger partial charge is 0.495 e. The second kappa shape index (κ2) is 9.27. The monoisotopic (exact) mass is 444 g/mol. The predicted molar refractivity (Wildman–Crippen MR) is 114 cm³/mol. The Morgan fingerprint density at radius 3 is 2.61 bits per heavy atom. The first-order valence-corrected chi connectivity index (χ1v) is 10.5. The summed E-state index contributed by atoms with van der Waals surface area (Å²) in [6.45, 7) is 3.65. The van der Waals surface area contributed by atoms with Gasteiger partial charge in [0.05, 0.1) is 26.4 Å². The summed E-state index contributed by atoms with van der Waals surface area (Å²) in [5, 5.41) is 14.4. The molecule has 1 aromatic carbocycles. The lowest BCUT2D eigenvalue weighted by molar-refractivity contribution is 0.0783. The molecule has 0 saturated carbocycles. The van der Waals surface area contributed by atoms with Gasteiger partial charge in [0.2, 0.25) is 5.88 Å². The highest BCUT2D eigenvalue weighted by Gasteiger charge is 2.22. The number of amides is 1. The number of aromatic nitrogens is 3. The van der Waals surface area contributed by atoms with Crippen molar-refractivity contribution in [3.05, 3.63) is 65.6 Å². The molecule has 9 nitrogen and oxygen atoms in total. The van der Waals surface area contributed by atoms with Gasteiger partial charge in [0.15, 0.2) is 11.0 Å². The molecule has 0 bridgehead atoms. The molecule has 1 unspecified atom stereocenters. The fourth-order valence-corrected chi connectivity index (χ4v) is 3.81. The fourth-order valence-electron chi connectivity index (χ4n) is 2.85. The highest BCUT2D eigenvalue weighted by atomic mass is 32.2. The molecule has 0 saturated heterocycles. The van der Waals surface area contributed by atoms with E-state index in [2.05, 4.69) is 14.8 Å². The van der Waals surface area contributed by atoms with Crippen LogP contribution in [0.5, 0.6) is 11.6 Å². The molecule has 1 amide bonds. The molecule has 10 heteroatoms. The minimum absolute atomic E-state index is 0.0482. The second-order valence-corrected chi connectivity index (χ2v) is 8.37. The lowest BCUT2D eigenvalue weighted by Crippen LogP contribution is -2.27. The molecule has 3 aromatic rings. The summed E-state index contributed by atoms with van der Waals surface area (Å²) < 4.78 is 27.6. The number of nitrogens with one attached hydrogen (secondary N) is 1. The lowest BCUT2D eigenvalue weighted by Gasteiger charge is -2.19. The van der Waals surface area contributed by atoms with Crippen molar-refractivity contribution in [3.8, 4) is 11.6 Å². The van der Waals surface area contributed by atoms with Crippen molar-refractivity contribution in [1.29, 1.82) is 0 Å². The van der Waals surface area contributed by atoms with Crippen LogP contribution in [0.25, 0.3) is 0 Å². The molecule has 0 aliphatic heterocycles. The summed E-state index contributed by atoms with van der Waals surface area (Å²) in [5.74, 6) is -0.0414. The van der Waals surface area contributed by atoms with Crippen LogP contribution in [0.2, 0.25) is 0 Å². The molecule has 0 radical (unpaired) electrons. The topological polar surface area (TPSA) is 116 Å². The van der Waals surface area contributed by atoms with Crippen LogP contribution < -0.4 is 14.2 Å². The molecule has 2 aromatic heterocycles. The van der Waals surface area contributed by atoms with E-state index in [0.29, 0.717) is 17.9 Å². The highest BCUT2D eigenvalue weighted by Crippen LogP contribution is 2.28. The van der Waals surface area contributed by atoms with Crippen LogP contribution in [0.15, 0.2) is 53.7 Å². The van der Waals surface area contributed by atoms with E-state index in [-0.39, 0.29) is 16.5 Å². The number of pyridine rings is 1. The van der Waals surface area contributed by atoms with E-state index in [1.165, 1.54) is 26.4 Å². The number of carbonyl (C=O) groups excluding carboxylic acids is 1. The first-order chi connectivity index (χ1) is 14.7. The molecule has 3 rings (SSSR count). The first kappa shape index (κ1) is 22.4. The third kappa shape index (κ3) is 5.28. The number of rotatable bonds is 8. The zero-order valence-electron chi connectivity index (χ0n) is 17.7. The van der Waals surface area contributed by atoms with E-state index < -0.39 is 22.5 Å². The highest BCUT2D eigenvalue weighted by molar-refractivity contribution is 7.83. The number of hydrogen-bond donors (Lipinski definition) is 2. The number of methoxy groups -OCH3 is 2. The van der Waals surface area contributed by atoms with E-state index >= 15 is 0 Å². The first-order valence-electron chi connectivity index (χ1n) is 9.38. The molecule has 0 aliphatic carbocycles. The van der Waals surface area contributed by atoms with E-state index in [9.17, 15) is 14.1 Å². The zero-order chi connectivity index (χ0) is 22.6. The summed E-state index contributed by atoms with van der Waals surface area (Å²) >= 11 is 0. The molecule has 1 atom stereocenters. The molecule has 0 aliphatic rings. The van der Waals surface area contributed by atoms with Gasteiger partial charge < -0.3 is 14.6 Å². The second-order valence-electron chi connectivity index (χ2n) is 7.19. The average Bonchev–Trinajstić information content (AvgIpc) is 3.25. The van der Waals surface area contributed by atoms with E-state index in [0.717, 1.165) is 5.56 Å². The maximum Gasteiger partial charge on any atom is 0.281 e. The number of carbonyl (C=O) groups is 1. The Hall–Kier alpha value is -3.24. The quantitative estimate of drug-likeness (QED) is 0.546. The van der Waals surface area contributed by atoms with Crippen molar-refractivity contribution in [2.75, 3.05) is 14.2 Å². The summed E-state index contributed by atoms with van der Waals surface area (Å²) in [6, 6.07) is 9.85. The van der Waals surface area contributed by atoms with Crippen LogP contribution in [0.1, 0.15) is 35.5 Å². The number of benzene rings is 1. The Morgan fingerprint density at radius 2 is 2.00 bits per heavy atom. The summed E-state index contributed by atoms with van der Waals surface area (Å²) in [6.07, 6.45) is 3.47. The van der Waals surface area contributed by atoms with Crippen LogP contribution in [0.4, 0.5) is 0 Å². The lowest BCUT2D eigenvalue weighted by atomic mass is 9.98. The molecule has 2 N–H and O–H groups in total. The zero-order valence-corrected chi connectivity index (χ0v) is 18.5. The fraction of sp³-hybridized carbons (Fsp3) is 0.286. The normalized spacial score (nSPS) is 12.3. The molecule has 31 heavy (non-hydrogen) atoms. The van der Waals surface area contributed by atoms with Crippen molar-refractivity contribution in [3.63, 3.8) is 0 Å². The van der Waals surface area contributed by atoms with E-state index in [1.54, 1.807) is 55.2 Å². The van der Waals surface area contributed by atoms with Gasteiger partial charge in [-0.3, -0.25) is 14.2 Å². The maximum absolute atomic E-state index is 12.9. The van der Waals surface area contributed by atoms with Gasteiger partial charge in [0.1, 0.15) is 16.3 Å². The smallest absolute Gasteiger partial charge is 0.281 e. The Balaban J connectivity index is 1.82. The predicted octanol–water partition coefficient (Wildman–Crippen LogP) is 2.02. The number of nitrogens with zero attached hydrogens (tertiary/aromatic N) is 3. The van der Waals surface area contributed by atoms with Crippen LogP contribution in [-0.2, 0) is 23.1 Å². The van der Waals surface area contributed by atoms with Crippen molar-refractivity contribution in [2.45, 2.75) is 30.9 Å². The summed E-state index contributed by atoms with van der Waals surface area (Å²) in [7, 11) is 0.956. The SMILES string of the molecule is COc1ccc(C(C)(C)O)cc1S(=O)NC(=O)c1ccc(Cn2cccn2)c(OC)n1.